The largest absolute Gasteiger partial charge is 0.389 e. The quantitative estimate of drug-likeness (QED) is 0.828. The second kappa shape index (κ2) is 6.37. The van der Waals surface area contributed by atoms with E-state index in [2.05, 4.69) is 5.32 Å². The van der Waals surface area contributed by atoms with Gasteiger partial charge in [0, 0.05) is 12.1 Å². The summed E-state index contributed by atoms with van der Waals surface area (Å²) in [4.78, 5) is 25.6. The van der Waals surface area contributed by atoms with E-state index in [4.69, 9.17) is 0 Å². The highest BCUT2D eigenvalue weighted by Gasteiger charge is 2.29. The second-order valence-corrected chi connectivity index (χ2v) is 5.96. The number of carbonyl (C=O) groups is 2. The van der Waals surface area contributed by atoms with Crippen LogP contribution in [-0.4, -0.2) is 46.9 Å². The smallest absolute Gasteiger partial charge is 0.238 e. The fourth-order valence-electron chi connectivity index (χ4n) is 2.75. The van der Waals surface area contributed by atoms with Crippen molar-refractivity contribution in [1.29, 1.82) is 0 Å². The Morgan fingerprint density at radius 1 is 1.38 bits per heavy atom. The first-order chi connectivity index (χ1) is 9.87. The summed E-state index contributed by atoms with van der Waals surface area (Å²) in [6, 6.07) is 6.98. The van der Waals surface area contributed by atoms with Gasteiger partial charge in [0.2, 0.25) is 5.91 Å². The number of nitrogens with one attached hydrogen (secondary N) is 1. The Balaban J connectivity index is 1.98. The number of Topliss-reactive ketones (excluding diaryl/α,β-unsaturated/α-hetero) is 1. The van der Waals surface area contributed by atoms with Crippen molar-refractivity contribution in [3.8, 4) is 0 Å². The number of para-hydroxylation sites is 1. The summed E-state index contributed by atoms with van der Waals surface area (Å²) >= 11 is 0. The van der Waals surface area contributed by atoms with Crippen molar-refractivity contribution in [2.75, 3.05) is 25.0 Å². The first-order valence-corrected chi connectivity index (χ1v) is 7.22. The van der Waals surface area contributed by atoms with Crippen LogP contribution in [0.2, 0.25) is 0 Å². The van der Waals surface area contributed by atoms with Crippen molar-refractivity contribution in [2.24, 2.45) is 0 Å². The van der Waals surface area contributed by atoms with Crippen LogP contribution in [-0.2, 0) is 4.79 Å². The van der Waals surface area contributed by atoms with Gasteiger partial charge in [0.25, 0.3) is 0 Å². The van der Waals surface area contributed by atoms with Crippen LogP contribution in [0.1, 0.15) is 37.0 Å². The minimum absolute atomic E-state index is 0.0770. The molecule has 114 valence electrons. The molecule has 1 aliphatic rings. The monoisotopic (exact) mass is 290 g/mol. The predicted octanol–water partition coefficient (Wildman–Crippen LogP) is 1.67. The van der Waals surface area contributed by atoms with Gasteiger partial charge in [-0.2, -0.15) is 0 Å². The summed E-state index contributed by atoms with van der Waals surface area (Å²) in [6.07, 6.45) is 1.64. The van der Waals surface area contributed by atoms with E-state index in [0.717, 1.165) is 19.4 Å². The van der Waals surface area contributed by atoms with Crippen molar-refractivity contribution >= 4 is 17.4 Å². The molecule has 2 N–H and O–H groups in total. The maximum atomic E-state index is 12.1. The molecule has 1 aromatic carbocycles. The van der Waals surface area contributed by atoms with Crippen molar-refractivity contribution in [2.45, 2.75) is 32.3 Å². The average molecular weight is 290 g/mol. The van der Waals surface area contributed by atoms with Gasteiger partial charge in [-0.3, -0.25) is 14.5 Å². The lowest BCUT2D eigenvalue weighted by atomic mass is 9.95. The fourth-order valence-corrected chi connectivity index (χ4v) is 2.75. The summed E-state index contributed by atoms with van der Waals surface area (Å²) in [5.74, 6) is -0.242. The molecule has 0 aromatic heterocycles. The third-order valence-electron chi connectivity index (χ3n) is 3.70. The Hall–Kier alpha value is -1.72. The number of amides is 1. The number of hydrogen-bond donors (Lipinski definition) is 2. The summed E-state index contributed by atoms with van der Waals surface area (Å²) in [5.41, 5.74) is 0.325. The number of hydrogen-bond acceptors (Lipinski definition) is 4. The summed E-state index contributed by atoms with van der Waals surface area (Å²) in [5, 5.41) is 12.8. The molecule has 1 aromatic rings. The van der Waals surface area contributed by atoms with Gasteiger partial charge < -0.3 is 10.4 Å². The number of ketones is 1. The van der Waals surface area contributed by atoms with Gasteiger partial charge in [0.1, 0.15) is 0 Å². The normalized spacial score (nSPS) is 22.8. The number of carbonyl (C=O) groups excluding carboxylic acids is 2. The number of piperidine rings is 1. The third-order valence-corrected chi connectivity index (χ3v) is 3.70. The molecule has 5 nitrogen and oxygen atoms in total. The average Bonchev–Trinajstić information content (AvgIpc) is 2.37. The van der Waals surface area contributed by atoms with Crippen LogP contribution in [0, 0.1) is 0 Å². The molecule has 1 aliphatic heterocycles. The molecule has 5 heteroatoms. The predicted molar refractivity (Wildman–Crippen MR) is 81.4 cm³/mol. The first-order valence-electron chi connectivity index (χ1n) is 7.22. The lowest BCUT2D eigenvalue weighted by molar-refractivity contribution is -0.118. The Labute approximate surface area is 125 Å². The molecule has 1 saturated heterocycles. The van der Waals surface area contributed by atoms with E-state index < -0.39 is 5.60 Å². The van der Waals surface area contributed by atoms with E-state index >= 15 is 0 Å². The second-order valence-electron chi connectivity index (χ2n) is 5.96. The van der Waals surface area contributed by atoms with Crippen molar-refractivity contribution in [3.63, 3.8) is 0 Å². The van der Waals surface area contributed by atoms with Crippen LogP contribution in [0.15, 0.2) is 24.3 Å². The fraction of sp³-hybridized carbons (Fsp3) is 0.500. The van der Waals surface area contributed by atoms with E-state index in [1.807, 2.05) is 4.90 Å². The van der Waals surface area contributed by atoms with Gasteiger partial charge in [0.05, 0.1) is 17.8 Å². The van der Waals surface area contributed by atoms with Gasteiger partial charge >= 0.3 is 0 Å². The van der Waals surface area contributed by atoms with Crippen LogP contribution < -0.4 is 5.32 Å². The van der Waals surface area contributed by atoms with E-state index in [9.17, 15) is 14.7 Å². The van der Waals surface area contributed by atoms with Crippen molar-refractivity contribution in [1.82, 2.24) is 4.90 Å². The summed E-state index contributed by atoms with van der Waals surface area (Å²) in [6.45, 7) is 4.80. The third kappa shape index (κ3) is 4.37. The molecule has 2 rings (SSSR count). The van der Waals surface area contributed by atoms with Gasteiger partial charge in [-0.15, -0.1) is 0 Å². The van der Waals surface area contributed by atoms with Gasteiger partial charge in [-0.05, 0) is 45.4 Å². The molecule has 1 fully saturated rings. The van der Waals surface area contributed by atoms with E-state index in [-0.39, 0.29) is 18.2 Å². The standard InChI is InChI=1S/C16H22N2O3/c1-12(19)13-6-3-4-7-14(13)17-15(20)10-18-9-5-8-16(2,21)11-18/h3-4,6-7,21H,5,8-11H2,1-2H3,(H,17,20). The van der Waals surface area contributed by atoms with E-state index in [1.54, 1.807) is 31.2 Å². The molecule has 1 heterocycles. The van der Waals surface area contributed by atoms with Crippen molar-refractivity contribution < 1.29 is 14.7 Å². The molecular formula is C16H22N2O3. The maximum Gasteiger partial charge on any atom is 0.238 e. The molecule has 0 radical (unpaired) electrons. The topological polar surface area (TPSA) is 69.6 Å². The number of aliphatic hydroxyl groups is 1. The van der Waals surface area contributed by atoms with E-state index in [0.29, 0.717) is 17.8 Å². The minimum atomic E-state index is -0.726. The molecule has 1 unspecified atom stereocenters. The number of nitrogens with zero attached hydrogens (tertiary/aromatic N) is 1. The molecule has 0 aliphatic carbocycles. The van der Waals surface area contributed by atoms with Crippen LogP contribution in [0.3, 0.4) is 0 Å². The number of rotatable bonds is 4. The van der Waals surface area contributed by atoms with Crippen LogP contribution in [0.4, 0.5) is 5.69 Å². The molecule has 0 saturated carbocycles. The molecule has 1 atom stereocenters. The van der Waals surface area contributed by atoms with Crippen molar-refractivity contribution in [3.05, 3.63) is 29.8 Å². The summed E-state index contributed by atoms with van der Waals surface area (Å²) in [7, 11) is 0. The highest BCUT2D eigenvalue weighted by Crippen LogP contribution is 2.20. The summed E-state index contributed by atoms with van der Waals surface area (Å²) < 4.78 is 0. The van der Waals surface area contributed by atoms with Crippen LogP contribution in [0.25, 0.3) is 0 Å². The SMILES string of the molecule is CC(=O)c1ccccc1NC(=O)CN1CCCC(C)(O)C1. The Morgan fingerprint density at radius 3 is 2.76 bits per heavy atom. The van der Waals surface area contributed by atoms with Gasteiger partial charge in [0.15, 0.2) is 5.78 Å². The van der Waals surface area contributed by atoms with Crippen LogP contribution in [0.5, 0.6) is 0 Å². The first kappa shape index (κ1) is 15.7. The highest BCUT2D eigenvalue weighted by molar-refractivity contribution is 6.04. The Morgan fingerprint density at radius 2 is 2.10 bits per heavy atom. The van der Waals surface area contributed by atoms with Gasteiger partial charge in [-0.25, -0.2) is 0 Å². The minimum Gasteiger partial charge on any atom is -0.389 e. The molecule has 0 bridgehead atoms. The zero-order valence-corrected chi connectivity index (χ0v) is 12.6. The zero-order chi connectivity index (χ0) is 15.5. The molecular weight excluding hydrogens is 268 g/mol. The Bertz CT molecular complexity index is 540. The molecule has 21 heavy (non-hydrogen) atoms. The zero-order valence-electron chi connectivity index (χ0n) is 12.6. The number of benzene rings is 1. The Kier molecular flexibility index (Phi) is 4.75. The lowest BCUT2D eigenvalue weighted by Gasteiger charge is -2.36. The lowest BCUT2D eigenvalue weighted by Crippen LogP contribution is -2.48. The molecule has 0 spiro atoms. The van der Waals surface area contributed by atoms with Gasteiger partial charge in [-0.1, -0.05) is 12.1 Å². The van der Waals surface area contributed by atoms with Crippen LogP contribution >= 0.6 is 0 Å². The molecule has 1 amide bonds. The number of likely N-dealkylation sites (tertiary alicyclic amines) is 1. The number of anilines is 1. The number of β-amino-alcohol motifs (C(OH)–C–C–N with tert-alkyl or cyclic N) is 1. The van der Waals surface area contributed by atoms with E-state index in [1.165, 1.54) is 6.92 Å². The maximum absolute atomic E-state index is 12.1. The highest BCUT2D eigenvalue weighted by atomic mass is 16.3.